The molecule has 2 heteroatoms. The Morgan fingerprint density at radius 2 is 1.84 bits per heavy atom. The number of H-pyrrole nitrogens is 1. The smallest absolute Gasteiger partial charge is 0.0665 e. The fourth-order valence-electron chi connectivity index (χ4n) is 2.08. The monoisotopic (exact) mass is 254 g/mol. The molecular weight excluding hydrogens is 232 g/mol. The maximum absolute atomic E-state index is 4.61. The van der Waals surface area contributed by atoms with E-state index in [2.05, 4.69) is 55.9 Å². The van der Waals surface area contributed by atoms with Gasteiger partial charge in [0, 0.05) is 6.20 Å². The minimum atomic E-state index is 0.481. The van der Waals surface area contributed by atoms with Gasteiger partial charge in [0.1, 0.15) is 0 Å². The van der Waals surface area contributed by atoms with Crippen molar-refractivity contribution in [1.29, 1.82) is 0 Å². The number of aromatic nitrogens is 1. The summed E-state index contributed by atoms with van der Waals surface area (Å²) in [4.78, 5) is 7.75. The summed E-state index contributed by atoms with van der Waals surface area (Å²) < 4.78 is 0. The Morgan fingerprint density at radius 1 is 1.05 bits per heavy atom. The zero-order valence-corrected chi connectivity index (χ0v) is 12.1. The lowest BCUT2D eigenvalue weighted by molar-refractivity contribution is 0.834. The Balaban J connectivity index is 2.34. The molecule has 100 valence electrons. The summed E-state index contributed by atoms with van der Waals surface area (Å²) in [5.41, 5.74) is 4.79. The molecule has 0 saturated carbocycles. The molecule has 0 amide bonds. The standard InChI is InChI=1S/C17H22N2/c1-12(2)14-7-8-17(16(10-14)13(3)4)19-11-15-6-5-9-18-15/h5-13,18H,1-4H3. The molecule has 19 heavy (non-hydrogen) atoms. The summed E-state index contributed by atoms with van der Waals surface area (Å²) in [6.07, 6.45) is 3.79. The van der Waals surface area contributed by atoms with E-state index >= 15 is 0 Å². The van der Waals surface area contributed by atoms with Crippen LogP contribution in [0.2, 0.25) is 0 Å². The molecule has 0 saturated heterocycles. The number of rotatable bonds is 4. The normalized spacial score (nSPS) is 11.9. The second kappa shape index (κ2) is 5.87. The van der Waals surface area contributed by atoms with E-state index < -0.39 is 0 Å². The average Bonchev–Trinajstić information content (AvgIpc) is 2.89. The maximum Gasteiger partial charge on any atom is 0.0665 e. The number of nitrogens with zero attached hydrogens (tertiary/aromatic N) is 1. The predicted octanol–water partition coefficient (Wildman–Crippen LogP) is 5.01. The molecule has 0 atom stereocenters. The molecule has 1 aromatic heterocycles. The predicted molar refractivity (Wildman–Crippen MR) is 82.7 cm³/mol. The fourth-order valence-corrected chi connectivity index (χ4v) is 2.08. The van der Waals surface area contributed by atoms with Crippen molar-refractivity contribution in [3.05, 3.63) is 53.3 Å². The molecule has 2 aromatic rings. The molecule has 0 fully saturated rings. The topological polar surface area (TPSA) is 28.1 Å². The molecule has 1 N–H and O–H groups in total. The Morgan fingerprint density at radius 3 is 2.42 bits per heavy atom. The number of hydrogen-bond acceptors (Lipinski definition) is 1. The van der Waals surface area contributed by atoms with Crippen LogP contribution in [0.15, 0.2) is 41.5 Å². The molecule has 0 radical (unpaired) electrons. The quantitative estimate of drug-likeness (QED) is 0.743. The molecule has 0 aliphatic carbocycles. The van der Waals surface area contributed by atoms with Crippen molar-refractivity contribution in [2.45, 2.75) is 39.5 Å². The van der Waals surface area contributed by atoms with Gasteiger partial charge in [-0.3, -0.25) is 4.99 Å². The van der Waals surface area contributed by atoms with Gasteiger partial charge in [-0.1, -0.05) is 39.8 Å². The summed E-state index contributed by atoms with van der Waals surface area (Å²) in [6, 6.07) is 10.6. The highest BCUT2D eigenvalue weighted by molar-refractivity contribution is 5.80. The second-order valence-corrected chi connectivity index (χ2v) is 5.51. The number of benzene rings is 1. The number of aliphatic imine (C=N–C) groups is 1. The lowest BCUT2D eigenvalue weighted by Crippen LogP contribution is -1.94. The van der Waals surface area contributed by atoms with Gasteiger partial charge in [-0.2, -0.15) is 0 Å². The van der Waals surface area contributed by atoms with Gasteiger partial charge >= 0.3 is 0 Å². The van der Waals surface area contributed by atoms with Crippen molar-refractivity contribution in [1.82, 2.24) is 4.98 Å². The fraction of sp³-hybridized carbons (Fsp3) is 0.353. The molecule has 0 aliphatic rings. The van der Waals surface area contributed by atoms with Crippen LogP contribution in [-0.4, -0.2) is 11.2 Å². The van der Waals surface area contributed by atoms with E-state index in [0.29, 0.717) is 11.8 Å². The molecule has 0 spiro atoms. The molecule has 0 aliphatic heterocycles. The third-order valence-corrected chi connectivity index (χ3v) is 3.30. The van der Waals surface area contributed by atoms with Crippen LogP contribution in [-0.2, 0) is 0 Å². The van der Waals surface area contributed by atoms with Crippen molar-refractivity contribution >= 4 is 11.9 Å². The van der Waals surface area contributed by atoms with E-state index in [0.717, 1.165) is 11.4 Å². The molecule has 1 heterocycles. The van der Waals surface area contributed by atoms with Crippen LogP contribution >= 0.6 is 0 Å². The van der Waals surface area contributed by atoms with Gasteiger partial charge < -0.3 is 4.98 Å². The summed E-state index contributed by atoms with van der Waals surface area (Å²) in [7, 11) is 0. The van der Waals surface area contributed by atoms with Gasteiger partial charge in [0.25, 0.3) is 0 Å². The number of hydrogen-bond donors (Lipinski definition) is 1. The third-order valence-electron chi connectivity index (χ3n) is 3.30. The van der Waals surface area contributed by atoms with E-state index in [1.54, 1.807) is 0 Å². The van der Waals surface area contributed by atoms with Crippen LogP contribution in [0.4, 0.5) is 5.69 Å². The van der Waals surface area contributed by atoms with Gasteiger partial charge in [0.15, 0.2) is 0 Å². The van der Waals surface area contributed by atoms with Crippen molar-refractivity contribution in [2.75, 3.05) is 0 Å². The lowest BCUT2D eigenvalue weighted by Gasteiger charge is -2.13. The highest BCUT2D eigenvalue weighted by atomic mass is 14.8. The summed E-state index contributed by atoms with van der Waals surface area (Å²) >= 11 is 0. The zero-order valence-electron chi connectivity index (χ0n) is 12.1. The van der Waals surface area contributed by atoms with E-state index in [9.17, 15) is 0 Å². The summed E-state index contributed by atoms with van der Waals surface area (Å²) in [5, 5.41) is 0. The van der Waals surface area contributed by atoms with E-state index in [4.69, 9.17) is 0 Å². The largest absolute Gasteiger partial charge is 0.360 e. The Bertz CT molecular complexity index is 549. The van der Waals surface area contributed by atoms with Crippen LogP contribution in [0.25, 0.3) is 0 Å². The molecule has 1 aromatic carbocycles. The van der Waals surface area contributed by atoms with E-state index in [1.807, 2.05) is 24.5 Å². The number of aromatic amines is 1. The Kier molecular flexibility index (Phi) is 4.20. The third kappa shape index (κ3) is 3.34. The Labute approximate surface area is 115 Å². The molecule has 2 rings (SSSR count). The maximum atomic E-state index is 4.61. The lowest BCUT2D eigenvalue weighted by atomic mass is 9.94. The van der Waals surface area contributed by atoms with Crippen LogP contribution in [0.5, 0.6) is 0 Å². The van der Waals surface area contributed by atoms with Gasteiger partial charge in [-0.25, -0.2) is 0 Å². The second-order valence-electron chi connectivity index (χ2n) is 5.51. The van der Waals surface area contributed by atoms with Crippen molar-refractivity contribution in [2.24, 2.45) is 4.99 Å². The first-order valence-corrected chi connectivity index (χ1v) is 6.89. The van der Waals surface area contributed by atoms with Crippen LogP contribution in [0, 0.1) is 0 Å². The van der Waals surface area contributed by atoms with E-state index in [1.165, 1.54) is 11.1 Å². The first-order valence-electron chi connectivity index (χ1n) is 6.89. The van der Waals surface area contributed by atoms with Crippen molar-refractivity contribution in [3.63, 3.8) is 0 Å². The molecule has 0 unspecified atom stereocenters. The summed E-state index contributed by atoms with van der Waals surface area (Å²) in [6.45, 7) is 8.88. The molecule has 2 nitrogen and oxygen atoms in total. The van der Waals surface area contributed by atoms with Gasteiger partial charge in [0.2, 0.25) is 0 Å². The van der Waals surface area contributed by atoms with Gasteiger partial charge in [0.05, 0.1) is 17.6 Å². The van der Waals surface area contributed by atoms with Gasteiger partial charge in [-0.05, 0) is 41.2 Å². The summed E-state index contributed by atoms with van der Waals surface area (Å²) in [5.74, 6) is 1.04. The van der Waals surface area contributed by atoms with Crippen LogP contribution < -0.4 is 0 Å². The highest BCUT2D eigenvalue weighted by Crippen LogP contribution is 2.30. The first kappa shape index (κ1) is 13.6. The van der Waals surface area contributed by atoms with Gasteiger partial charge in [-0.15, -0.1) is 0 Å². The van der Waals surface area contributed by atoms with Crippen LogP contribution in [0.1, 0.15) is 56.4 Å². The Hall–Kier alpha value is -1.83. The number of nitrogens with one attached hydrogen (secondary N) is 1. The SMILES string of the molecule is CC(C)c1ccc(N=Cc2ccc[nH]2)c(C(C)C)c1. The molecular formula is C17H22N2. The van der Waals surface area contributed by atoms with E-state index in [-0.39, 0.29) is 0 Å². The van der Waals surface area contributed by atoms with Crippen LogP contribution in [0.3, 0.4) is 0 Å². The molecule has 0 bridgehead atoms. The van der Waals surface area contributed by atoms with Crippen molar-refractivity contribution < 1.29 is 0 Å². The minimum absolute atomic E-state index is 0.481. The first-order chi connectivity index (χ1) is 9.08. The zero-order chi connectivity index (χ0) is 13.8. The highest BCUT2D eigenvalue weighted by Gasteiger charge is 2.08. The minimum Gasteiger partial charge on any atom is -0.360 e. The van der Waals surface area contributed by atoms with Crippen molar-refractivity contribution in [3.8, 4) is 0 Å². The average molecular weight is 254 g/mol.